The second-order valence-corrected chi connectivity index (χ2v) is 4.55. The van der Waals surface area contributed by atoms with Crippen molar-refractivity contribution in [1.82, 2.24) is 20.0 Å². The van der Waals surface area contributed by atoms with Gasteiger partial charge in [-0.3, -0.25) is 9.48 Å². The topological polar surface area (TPSA) is 50.2 Å². The van der Waals surface area contributed by atoms with Crippen LogP contribution in [0, 0.1) is 0 Å². The van der Waals surface area contributed by atoms with Gasteiger partial charge in [0.15, 0.2) is 0 Å². The number of hydrogen-bond donors (Lipinski definition) is 1. The number of aryl methyl sites for hydroxylation is 1. The van der Waals surface area contributed by atoms with Crippen molar-refractivity contribution in [3.63, 3.8) is 0 Å². The molecule has 5 nitrogen and oxygen atoms in total. The quantitative estimate of drug-likeness (QED) is 0.837. The first kappa shape index (κ1) is 12.1. The molecule has 94 valence electrons. The summed E-state index contributed by atoms with van der Waals surface area (Å²) in [6.07, 6.45) is 5.07. The maximum atomic E-state index is 12.4. The van der Waals surface area contributed by atoms with E-state index in [-0.39, 0.29) is 5.91 Å². The van der Waals surface area contributed by atoms with E-state index in [2.05, 4.69) is 10.4 Å². The number of aromatic nitrogens is 2. The minimum absolute atomic E-state index is 0.102. The Morgan fingerprint density at radius 1 is 1.59 bits per heavy atom. The number of nitrogens with zero attached hydrogens (tertiary/aromatic N) is 3. The van der Waals surface area contributed by atoms with Crippen LogP contribution in [0.3, 0.4) is 0 Å². The van der Waals surface area contributed by atoms with Crippen LogP contribution >= 0.6 is 0 Å². The Balaban J connectivity index is 2.14. The van der Waals surface area contributed by atoms with Crippen molar-refractivity contribution >= 4 is 5.91 Å². The first-order valence-electron chi connectivity index (χ1n) is 6.17. The molecule has 0 radical (unpaired) electrons. The Morgan fingerprint density at radius 2 is 2.41 bits per heavy atom. The predicted octanol–water partition coefficient (Wildman–Crippen LogP) is 0.634. The third-order valence-electron chi connectivity index (χ3n) is 3.37. The molecule has 0 aromatic carbocycles. The highest BCUT2D eigenvalue weighted by Gasteiger charge is 2.28. The molecular weight excluding hydrogens is 216 g/mol. The van der Waals surface area contributed by atoms with Crippen LogP contribution in [0.25, 0.3) is 0 Å². The fourth-order valence-electron chi connectivity index (χ4n) is 2.45. The molecule has 1 N–H and O–H groups in total. The molecule has 2 heterocycles. The summed E-state index contributed by atoms with van der Waals surface area (Å²) in [4.78, 5) is 14.4. The zero-order valence-electron chi connectivity index (χ0n) is 10.5. The van der Waals surface area contributed by atoms with E-state index < -0.39 is 0 Å². The monoisotopic (exact) mass is 236 g/mol. The van der Waals surface area contributed by atoms with Gasteiger partial charge < -0.3 is 10.2 Å². The van der Waals surface area contributed by atoms with Gasteiger partial charge in [0, 0.05) is 32.4 Å². The van der Waals surface area contributed by atoms with Gasteiger partial charge in [0.05, 0.1) is 0 Å². The van der Waals surface area contributed by atoms with Crippen LogP contribution in [0.2, 0.25) is 0 Å². The van der Waals surface area contributed by atoms with Crippen molar-refractivity contribution in [2.45, 2.75) is 25.3 Å². The number of hydrogen-bond acceptors (Lipinski definition) is 3. The Labute approximate surface area is 102 Å². The number of amides is 1. The average Bonchev–Trinajstić information content (AvgIpc) is 2.76. The molecule has 1 fully saturated rings. The van der Waals surface area contributed by atoms with Gasteiger partial charge in [0.25, 0.3) is 5.91 Å². The molecule has 0 aliphatic carbocycles. The van der Waals surface area contributed by atoms with Crippen LogP contribution in [0.4, 0.5) is 0 Å². The Bertz CT molecular complexity index is 386. The molecule has 17 heavy (non-hydrogen) atoms. The highest BCUT2D eigenvalue weighted by Crippen LogP contribution is 2.18. The van der Waals surface area contributed by atoms with Crippen molar-refractivity contribution in [2.24, 2.45) is 7.05 Å². The highest BCUT2D eigenvalue weighted by atomic mass is 16.2. The molecule has 2 rings (SSSR count). The van der Waals surface area contributed by atoms with E-state index >= 15 is 0 Å². The molecule has 0 spiro atoms. The summed E-state index contributed by atoms with van der Waals surface area (Å²) in [7, 11) is 3.74. The molecule has 1 amide bonds. The summed E-state index contributed by atoms with van der Waals surface area (Å²) in [6.45, 7) is 1.72. The Morgan fingerprint density at radius 3 is 3.06 bits per heavy atom. The molecular formula is C12H20N4O. The summed E-state index contributed by atoms with van der Waals surface area (Å²) >= 11 is 0. The van der Waals surface area contributed by atoms with Crippen LogP contribution < -0.4 is 5.32 Å². The van der Waals surface area contributed by atoms with Gasteiger partial charge in [-0.25, -0.2) is 0 Å². The Hall–Kier alpha value is -1.36. The van der Waals surface area contributed by atoms with E-state index in [1.54, 1.807) is 16.9 Å². The van der Waals surface area contributed by atoms with E-state index in [4.69, 9.17) is 0 Å². The van der Waals surface area contributed by atoms with Crippen molar-refractivity contribution in [2.75, 3.05) is 20.1 Å². The Kier molecular flexibility index (Phi) is 3.78. The van der Waals surface area contributed by atoms with Gasteiger partial charge in [-0.05, 0) is 32.4 Å². The van der Waals surface area contributed by atoms with Gasteiger partial charge in [-0.2, -0.15) is 5.10 Å². The molecule has 1 unspecified atom stereocenters. The molecule has 1 atom stereocenters. The molecule has 1 aliphatic rings. The molecule has 1 aromatic rings. The first-order chi connectivity index (χ1) is 8.24. The van der Waals surface area contributed by atoms with E-state index in [1.165, 1.54) is 6.42 Å². The van der Waals surface area contributed by atoms with Crippen LogP contribution in [0.5, 0.6) is 0 Å². The maximum absolute atomic E-state index is 12.4. The average molecular weight is 236 g/mol. The molecule has 1 aliphatic heterocycles. The third-order valence-corrected chi connectivity index (χ3v) is 3.37. The van der Waals surface area contributed by atoms with E-state index in [9.17, 15) is 4.79 Å². The van der Waals surface area contributed by atoms with Crippen molar-refractivity contribution in [3.8, 4) is 0 Å². The normalized spacial score (nSPS) is 20.6. The lowest BCUT2D eigenvalue weighted by Gasteiger charge is -2.35. The minimum Gasteiger partial charge on any atom is -0.333 e. The van der Waals surface area contributed by atoms with Crippen LogP contribution in [-0.2, 0) is 7.05 Å². The number of likely N-dealkylation sites (N-methyl/N-ethyl adjacent to an activating group) is 1. The smallest absolute Gasteiger partial charge is 0.272 e. The first-order valence-corrected chi connectivity index (χ1v) is 6.17. The summed E-state index contributed by atoms with van der Waals surface area (Å²) < 4.78 is 1.65. The standard InChI is InChI=1S/C12H20N4O/c1-13-9-10-5-3-4-8-16(10)12(17)11-6-7-14-15(11)2/h6-7,10,13H,3-5,8-9H2,1-2H3. The lowest BCUT2D eigenvalue weighted by Crippen LogP contribution is -2.48. The maximum Gasteiger partial charge on any atom is 0.272 e. The second kappa shape index (κ2) is 5.31. The summed E-state index contributed by atoms with van der Waals surface area (Å²) in [5.41, 5.74) is 0.674. The van der Waals surface area contributed by atoms with Gasteiger partial charge >= 0.3 is 0 Å². The number of carbonyl (C=O) groups excluding carboxylic acids is 1. The van der Waals surface area contributed by atoms with E-state index in [0.29, 0.717) is 11.7 Å². The summed E-state index contributed by atoms with van der Waals surface area (Å²) in [6, 6.07) is 2.10. The SMILES string of the molecule is CNCC1CCCCN1C(=O)c1ccnn1C. The lowest BCUT2D eigenvalue weighted by atomic mass is 10.0. The van der Waals surface area contributed by atoms with Crippen LogP contribution in [0.1, 0.15) is 29.8 Å². The van der Waals surface area contributed by atoms with Crippen LogP contribution in [0.15, 0.2) is 12.3 Å². The van der Waals surface area contributed by atoms with Gasteiger partial charge in [0.2, 0.25) is 0 Å². The van der Waals surface area contributed by atoms with Gasteiger partial charge in [0.1, 0.15) is 5.69 Å². The van der Waals surface area contributed by atoms with E-state index in [0.717, 1.165) is 25.9 Å². The van der Waals surface area contributed by atoms with E-state index in [1.807, 2.05) is 19.0 Å². The third kappa shape index (κ3) is 2.49. The number of rotatable bonds is 3. The van der Waals surface area contributed by atoms with Crippen molar-refractivity contribution < 1.29 is 4.79 Å². The number of carbonyl (C=O) groups is 1. The minimum atomic E-state index is 0.102. The molecule has 5 heteroatoms. The summed E-state index contributed by atoms with van der Waals surface area (Å²) in [5, 5.41) is 7.22. The fourth-order valence-corrected chi connectivity index (χ4v) is 2.45. The summed E-state index contributed by atoms with van der Waals surface area (Å²) in [5.74, 6) is 0.102. The number of nitrogens with one attached hydrogen (secondary N) is 1. The predicted molar refractivity (Wildman–Crippen MR) is 65.8 cm³/mol. The van der Waals surface area contributed by atoms with Gasteiger partial charge in [-0.1, -0.05) is 0 Å². The van der Waals surface area contributed by atoms with Crippen LogP contribution in [-0.4, -0.2) is 46.8 Å². The second-order valence-electron chi connectivity index (χ2n) is 4.55. The molecule has 0 saturated carbocycles. The molecule has 1 aromatic heterocycles. The largest absolute Gasteiger partial charge is 0.333 e. The van der Waals surface area contributed by atoms with Gasteiger partial charge in [-0.15, -0.1) is 0 Å². The fraction of sp³-hybridized carbons (Fsp3) is 0.667. The zero-order chi connectivity index (χ0) is 12.3. The number of piperidine rings is 1. The molecule has 1 saturated heterocycles. The molecule has 0 bridgehead atoms. The highest BCUT2D eigenvalue weighted by molar-refractivity contribution is 5.92. The van der Waals surface area contributed by atoms with Crippen molar-refractivity contribution in [1.29, 1.82) is 0 Å². The number of likely N-dealkylation sites (tertiary alicyclic amines) is 1. The zero-order valence-corrected chi connectivity index (χ0v) is 10.5. The lowest BCUT2D eigenvalue weighted by molar-refractivity contribution is 0.0603. The van der Waals surface area contributed by atoms with Crippen molar-refractivity contribution in [3.05, 3.63) is 18.0 Å².